The lowest BCUT2D eigenvalue weighted by Gasteiger charge is -2.33. The summed E-state index contributed by atoms with van der Waals surface area (Å²) in [6.07, 6.45) is -2.13. The van der Waals surface area contributed by atoms with Gasteiger partial charge in [-0.1, -0.05) is 6.92 Å². The summed E-state index contributed by atoms with van der Waals surface area (Å²) in [7, 11) is 0. The van der Waals surface area contributed by atoms with Gasteiger partial charge in [0, 0.05) is 6.04 Å². The highest BCUT2D eigenvalue weighted by Gasteiger charge is 2.47. The second kappa shape index (κ2) is 4.49. The first kappa shape index (κ1) is 11.8. The van der Waals surface area contributed by atoms with E-state index in [1.54, 1.807) is 6.92 Å². The van der Waals surface area contributed by atoms with Crippen molar-refractivity contribution in [1.29, 1.82) is 0 Å². The Morgan fingerprint density at radius 1 is 1.29 bits per heavy atom. The molecule has 5 heteroatoms. The largest absolute Gasteiger partial charge is 0.405 e. The van der Waals surface area contributed by atoms with Crippen molar-refractivity contribution in [2.45, 2.75) is 44.4 Å². The predicted molar refractivity (Wildman–Crippen MR) is 48.9 cm³/mol. The topological polar surface area (TPSA) is 29.3 Å². The van der Waals surface area contributed by atoms with Crippen LogP contribution < -0.4 is 5.73 Å². The monoisotopic (exact) mass is 210 g/mol. The van der Waals surface area contributed by atoms with Crippen molar-refractivity contribution < 1.29 is 13.2 Å². The van der Waals surface area contributed by atoms with Crippen LogP contribution in [0.15, 0.2) is 0 Å². The molecule has 1 fully saturated rings. The van der Waals surface area contributed by atoms with Crippen LogP contribution in [0.3, 0.4) is 0 Å². The minimum Gasteiger partial charge on any atom is -0.326 e. The second-order valence-electron chi connectivity index (χ2n) is 3.80. The number of hydrogen-bond donors (Lipinski definition) is 1. The summed E-state index contributed by atoms with van der Waals surface area (Å²) in [5, 5.41) is 0. The van der Waals surface area contributed by atoms with E-state index in [-0.39, 0.29) is 0 Å². The molecule has 2 atom stereocenters. The zero-order chi connectivity index (χ0) is 10.8. The molecule has 2 unspecified atom stereocenters. The summed E-state index contributed by atoms with van der Waals surface area (Å²) in [4.78, 5) is 1.47. The third-order valence-electron chi connectivity index (χ3n) is 2.75. The van der Waals surface area contributed by atoms with E-state index < -0.39 is 18.3 Å². The Balaban J connectivity index is 2.70. The fraction of sp³-hybridized carbons (Fsp3) is 1.00. The van der Waals surface area contributed by atoms with Gasteiger partial charge in [0.25, 0.3) is 0 Å². The Morgan fingerprint density at radius 3 is 2.14 bits per heavy atom. The van der Waals surface area contributed by atoms with Gasteiger partial charge in [-0.05, 0) is 32.4 Å². The van der Waals surface area contributed by atoms with Gasteiger partial charge < -0.3 is 5.73 Å². The fourth-order valence-electron chi connectivity index (χ4n) is 1.96. The molecular formula is C9H17F3N2. The zero-order valence-electron chi connectivity index (χ0n) is 8.35. The highest BCUT2D eigenvalue weighted by atomic mass is 19.4. The number of rotatable bonds is 3. The molecule has 0 radical (unpaired) electrons. The first-order valence-electron chi connectivity index (χ1n) is 5.03. The highest BCUT2D eigenvalue weighted by Crippen LogP contribution is 2.29. The molecular weight excluding hydrogens is 193 g/mol. The van der Waals surface area contributed by atoms with E-state index in [9.17, 15) is 13.2 Å². The fourth-order valence-corrected chi connectivity index (χ4v) is 1.96. The maximum absolute atomic E-state index is 12.7. The molecule has 84 valence electrons. The van der Waals surface area contributed by atoms with E-state index in [0.29, 0.717) is 19.5 Å². The molecule has 1 aliphatic rings. The third kappa shape index (κ3) is 2.60. The molecule has 2 N–H and O–H groups in total. The standard InChI is InChI=1S/C9H17F3N2/c1-2-7(13)8(9(10,11)12)14-5-3-4-6-14/h7-8H,2-6,13H2,1H3. The average Bonchev–Trinajstić information content (AvgIpc) is 2.54. The normalized spacial score (nSPS) is 23.8. The molecule has 0 aromatic carbocycles. The predicted octanol–water partition coefficient (Wildman–Crippen LogP) is 1.75. The summed E-state index contributed by atoms with van der Waals surface area (Å²) in [5.74, 6) is 0. The van der Waals surface area contributed by atoms with Crippen LogP contribution in [0.4, 0.5) is 13.2 Å². The van der Waals surface area contributed by atoms with E-state index >= 15 is 0 Å². The van der Waals surface area contributed by atoms with Crippen molar-refractivity contribution >= 4 is 0 Å². The van der Waals surface area contributed by atoms with Gasteiger partial charge in [0.1, 0.15) is 6.04 Å². The smallest absolute Gasteiger partial charge is 0.326 e. The second-order valence-corrected chi connectivity index (χ2v) is 3.80. The number of likely N-dealkylation sites (tertiary alicyclic amines) is 1. The first-order chi connectivity index (χ1) is 6.46. The third-order valence-corrected chi connectivity index (χ3v) is 2.75. The maximum Gasteiger partial charge on any atom is 0.405 e. The molecule has 2 nitrogen and oxygen atoms in total. The molecule has 0 spiro atoms. The van der Waals surface area contributed by atoms with Crippen LogP contribution in [0, 0.1) is 0 Å². The lowest BCUT2D eigenvalue weighted by molar-refractivity contribution is -0.186. The summed E-state index contributed by atoms with van der Waals surface area (Å²) in [6.45, 7) is 2.75. The van der Waals surface area contributed by atoms with Crippen molar-refractivity contribution in [1.82, 2.24) is 4.90 Å². The number of halogens is 3. The summed E-state index contributed by atoms with van der Waals surface area (Å²) < 4.78 is 38.1. The van der Waals surface area contributed by atoms with Crippen LogP contribution in [-0.4, -0.2) is 36.2 Å². The quantitative estimate of drug-likeness (QED) is 0.769. The number of alkyl halides is 3. The molecule has 1 saturated heterocycles. The van der Waals surface area contributed by atoms with Crippen LogP contribution in [0.5, 0.6) is 0 Å². The summed E-state index contributed by atoms with van der Waals surface area (Å²) in [5.41, 5.74) is 5.52. The summed E-state index contributed by atoms with van der Waals surface area (Å²) >= 11 is 0. The van der Waals surface area contributed by atoms with Crippen LogP contribution in [0.25, 0.3) is 0 Å². The Labute approximate surface area is 82.2 Å². The Kier molecular flexibility index (Phi) is 3.78. The number of nitrogens with zero attached hydrogens (tertiary/aromatic N) is 1. The summed E-state index contributed by atoms with van der Waals surface area (Å²) in [6, 6.07) is -2.25. The average molecular weight is 210 g/mol. The van der Waals surface area contributed by atoms with Gasteiger partial charge in [0.05, 0.1) is 0 Å². The Hall–Kier alpha value is -0.290. The van der Waals surface area contributed by atoms with Crippen LogP contribution in [-0.2, 0) is 0 Å². The minimum absolute atomic E-state index is 0.362. The molecule has 1 rings (SSSR count). The van der Waals surface area contributed by atoms with Crippen molar-refractivity contribution in [3.63, 3.8) is 0 Å². The molecule has 1 heterocycles. The van der Waals surface area contributed by atoms with Gasteiger partial charge in [0.2, 0.25) is 0 Å². The van der Waals surface area contributed by atoms with Crippen LogP contribution >= 0.6 is 0 Å². The Bertz CT molecular complexity index is 175. The number of hydrogen-bond acceptors (Lipinski definition) is 2. The van der Waals surface area contributed by atoms with Gasteiger partial charge in [-0.15, -0.1) is 0 Å². The van der Waals surface area contributed by atoms with E-state index in [4.69, 9.17) is 5.73 Å². The van der Waals surface area contributed by atoms with Crippen molar-refractivity contribution in [3.8, 4) is 0 Å². The number of nitrogens with two attached hydrogens (primary N) is 1. The van der Waals surface area contributed by atoms with Gasteiger partial charge >= 0.3 is 6.18 Å². The maximum atomic E-state index is 12.7. The molecule has 0 saturated carbocycles. The minimum atomic E-state index is -4.19. The van der Waals surface area contributed by atoms with Crippen molar-refractivity contribution in [2.75, 3.05) is 13.1 Å². The van der Waals surface area contributed by atoms with E-state index in [0.717, 1.165) is 12.8 Å². The van der Waals surface area contributed by atoms with Gasteiger partial charge in [-0.3, -0.25) is 4.90 Å². The molecule has 0 bridgehead atoms. The SMILES string of the molecule is CCC(N)C(N1CCCC1)C(F)(F)F. The van der Waals surface area contributed by atoms with Crippen molar-refractivity contribution in [2.24, 2.45) is 5.73 Å². The van der Waals surface area contributed by atoms with Crippen LogP contribution in [0.1, 0.15) is 26.2 Å². The zero-order valence-corrected chi connectivity index (χ0v) is 8.35. The molecule has 0 aromatic rings. The van der Waals surface area contributed by atoms with E-state index in [1.807, 2.05) is 0 Å². The first-order valence-corrected chi connectivity index (χ1v) is 5.03. The molecule has 0 aromatic heterocycles. The van der Waals surface area contributed by atoms with Crippen molar-refractivity contribution in [3.05, 3.63) is 0 Å². The van der Waals surface area contributed by atoms with Crippen LogP contribution in [0.2, 0.25) is 0 Å². The molecule has 1 aliphatic heterocycles. The Morgan fingerprint density at radius 2 is 1.79 bits per heavy atom. The van der Waals surface area contributed by atoms with E-state index in [2.05, 4.69) is 0 Å². The van der Waals surface area contributed by atoms with E-state index in [1.165, 1.54) is 4.90 Å². The lowest BCUT2D eigenvalue weighted by atomic mass is 10.1. The lowest BCUT2D eigenvalue weighted by Crippen LogP contribution is -2.54. The molecule has 0 amide bonds. The highest BCUT2D eigenvalue weighted by molar-refractivity contribution is 4.89. The van der Waals surface area contributed by atoms with Gasteiger partial charge in [0.15, 0.2) is 0 Å². The van der Waals surface area contributed by atoms with Gasteiger partial charge in [-0.2, -0.15) is 13.2 Å². The molecule has 14 heavy (non-hydrogen) atoms. The van der Waals surface area contributed by atoms with Gasteiger partial charge in [-0.25, -0.2) is 0 Å². The molecule has 0 aliphatic carbocycles.